The van der Waals surface area contributed by atoms with Crippen molar-refractivity contribution in [2.75, 3.05) is 31.2 Å². The first kappa shape index (κ1) is 21.7. The Hall–Kier alpha value is -3.83. The SMILES string of the molecule is Cc1ccc2oc(C3CCN(c4c(C#N)c(=O)n(C)c5cc(OCC6CO6)ccc45)CC3)nc2c1. The predicted molar refractivity (Wildman–Crippen MR) is 132 cm³/mol. The molecule has 0 spiro atoms. The number of nitriles is 1. The first-order chi connectivity index (χ1) is 17.0. The molecule has 35 heavy (non-hydrogen) atoms. The first-order valence-electron chi connectivity index (χ1n) is 11.9. The van der Waals surface area contributed by atoms with Crippen LogP contribution < -0.4 is 15.2 Å². The van der Waals surface area contributed by atoms with E-state index in [1.165, 1.54) is 4.57 Å². The fourth-order valence-electron chi connectivity index (χ4n) is 4.95. The van der Waals surface area contributed by atoms with Gasteiger partial charge in [-0.3, -0.25) is 4.79 Å². The lowest BCUT2D eigenvalue weighted by atomic mass is 9.95. The van der Waals surface area contributed by atoms with Gasteiger partial charge in [0, 0.05) is 37.5 Å². The summed E-state index contributed by atoms with van der Waals surface area (Å²) in [6.07, 6.45) is 1.81. The molecule has 2 saturated heterocycles. The highest BCUT2D eigenvalue weighted by molar-refractivity contribution is 5.95. The van der Waals surface area contributed by atoms with E-state index in [1.807, 2.05) is 43.3 Å². The number of hydrogen-bond donors (Lipinski definition) is 0. The van der Waals surface area contributed by atoms with Gasteiger partial charge < -0.3 is 23.4 Å². The Morgan fingerprint density at radius 2 is 2.00 bits per heavy atom. The molecule has 2 aromatic heterocycles. The molecule has 2 aliphatic rings. The molecular weight excluding hydrogens is 444 g/mol. The summed E-state index contributed by atoms with van der Waals surface area (Å²) in [5.74, 6) is 1.65. The molecule has 2 aliphatic heterocycles. The van der Waals surface area contributed by atoms with Crippen LogP contribution in [0.5, 0.6) is 5.75 Å². The number of hydrogen-bond acceptors (Lipinski definition) is 7. The standard InChI is InChI=1S/C27H26N4O4/c1-16-3-6-24-22(11-16)29-26(35-24)17-7-9-31(10-8-17)25-20-5-4-18(33-14-19-15-34-19)12-23(20)30(2)27(32)21(25)13-28/h3-6,11-12,17,19H,7-10,14-15H2,1-2H3. The van der Waals surface area contributed by atoms with Crippen molar-refractivity contribution in [3.8, 4) is 11.8 Å². The molecule has 4 aromatic rings. The van der Waals surface area contributed by atoms with Crippen molar-refractivity contribution < 1.29 is 13.9 Å². The number of pyridine rings is 1. The minimum absolute atomic E-state index is 0.151. The summed E-state index contributed by atoms with van der Waals surface area (Å²) in [6.45, 7) is 4.67. The number of aryl methyl sites for hydroxylation is 2. The van der Waals surface area contributed by atoms with Gasteiger partial charge in [0.05, 0.1) is 17.8 Å². The molecule has 178 valence electrons. The summed E-state index contributed by atoms with van der Waals surface area (Å²) in [4.78, 5) is 20.0. The number of aromatic nitrogens is 2. The summed E-state index contributed by atoms with van der Waals surface area (Å²) < 4.78 is 18.6. The normalized spacial score (nSPS) is 18.2. The van der Waals surface area contributed by atoms with Gasteiger partial charge in [-0.15, -0.1) is 0 Å². The van der Waals surface area contributed by atoms with E-state index in [0.29, 0.717) is 31.1 Å². The summed E-state index contributed by atoms with van der Waals surface area (Å²) >= 11 is 0. The zero-order chi connectivity index (χ0) is 24.1. The van der Waals surface area contributed by atoms with Gasteiger partial charge >= 0.3 is 0 Å². The molecule has 0 radical (unpaired) electrons. The van der Waals surface area contributed by atoms with Crippen LogP contribution in [0.4, 0.5) is 5.69 Å². The molecule has 8 nitrogen and oxygen atoms in total. The van der Waals surface area contributed by atoms with Gasteiger partial charge in [-0.1, -0.05) is 6.07 Å². The van der Waals surface area contributed by atoms with Crippen molar-refractivity contribution in [1.29, 1.82) is 5.26 Å². The lowest BCUT2D eigenvalue weighted by molar-refractivity contribution is 0.263. The Labute approximate surface area is 202 Å². The van der Waals surface area contributed by atoms with Crippen LogP contribution in [-0.4, -0.2) is 42.0 Å². The molecule has 6 rings (SSSR count). The van der Waals surface area contributed by atoms with Crippen molar-refractivity contribution in [2.24, 2.45) is 7.05 Å². The Morgan fingerprint density at radius 3 is 2.74 bits per heavy atom. The zero-order valence-corrected chi connectivity index (χ0v) is 19.8. The van der Waals surface area contributed by atoms with E-state index in [-0.39, 0.29) is 23.1 Å². The highest BCUT2D eigenvalue weighted by Gasteiger charge is 2.29. The van der Waals surface area contributed by atoms with Crippen LogP contribution in [-0.2, 0) is 11.8 Å². The second kappa shape index (κ2) is 8.43. The number of nitrogens with zero attached hydrogens (tertiary/aromatic N) is 4. The number of oxazole rings is 1. The molecule has 0 aliphatic carbocycles. The Balaban J connectivity index is 1.30. The van der Waals surface area contributed by atoms with Crippen molar-refractivity contribution in [1.82, 2.24) is 9.55 Å². The Bertz CT molecular complexity index is 1540. The van der Waals surface area contributed by atoms with Gasteiger partial charge in [0.25, 0.3) is 5.56 Å². The minimum Gasteiger partial charge on any atom is -0.491 e. The monoisotopic (exact) mass is 470 g/mol. The number of rotatable bonds is 5. The Kier molecular flexibility index (Phi) is 5.23. The average molecular weight is 471 g/mol. The van der Waals surface area contributed by atoms with Gasteiger partial charge in [0.15, 0.2) is 11.5 Å². The molecule has 8 heteroatoms. The zero-order valence-electron chi connectivity index (χ0n) is 19.8. The number of epoxide rings is 1. The molecular formula is C27H26N4O4. The second-order valence-corrected chi connectivity index (χ2v) is 9.43. The van der Waals surface area contributed by atoms with Crippen LogP contribution in [0.25, 0.3) is 22.0 Å². The van der Waals surface area contributed by atoms with Crippen LogP contribution in [0, 0.1) is 18.3 Å². The van der Waals surface area contributed by atoms with Crippen molar-refractivity contribution in [3.63, 3.8) is 0 Å². The van der Waals surface area contributed by atoms with E-state index in [1.54, 1.807) is 7.05 Å². The maximum Gasteiger partial charge on any atom is 0.270 e. The molecule has 0 amide bonds. The lowest BCUT2D eigenvalue weighted by Crippen LogP contribution is -2.35. The Morgan fingerprint density at radius 1 is 1.20 bits per heavy atom. The van der Waals surface area contributed by atoms with E-state index >= 15 is 0 Å². The maximum absolute atomic E-state index is 13.1. The van der Waals surface area contributed by atoms with E-state index in [0.717, 1.165) is 52.9 Å². The number of anilines is 1. The van der Waals surface area contributed by atoms with Crippen LogP contribution in [0.2, 0.25) is 0 Å². The van der Waals surface area contributed by atoms with Crippen molar-refractivity contribution in [3.05, 3.63) is 63.8 Å². The van der Waals surface area contributed by atoms with Gasteiger partial charge in [0.1, 0.15) is 35.6 Å². The van der Waals surface area contributed by atoms with E-state index in [2.05, 4.69) is 11.0 Å². The van der Waals surface area contributed by atoms with Gasteiger partial charge in [-0.05, 0) is 49.6 Å². The third-order valence-corrected chi connectivity index (χ3v) is 7.01. The number of piperidine rings is 1. The third kappa shape index (κ3) is 3.92. The minimum atomic E-state index is -0.297. The number of ether oxygens (including phenoxy) is 2. The van der Waals surface area contributed by atoms with Crippen LogP contribution in [0.15, 0.2) is 45.6 Å². The highest BCUT2D eigenvalue weighted by atomic mass is 16.6. The molecule has 1 unspecified atom stereocenters. The molecule has 1 atom stereocenters. The highest BCUT2D eigenvalue weighted by Crippen LogP contribution is 2.36. The fraction of sp³-hybridized carbons (Fsp3) is 0.370. The second-order valence-electron chi connectivity index (χ2n) is 9.43. The van der Waals surface area contributed by atoms with E-state index < -0.39 is 0 Å². The fourth-order valence-corrected chi connectivity index (χ4v) is 4.95. The summed E-state index contributed by atoms with van der Waals surface area (Å²) in [5, 5.41) is 10.8. The maximum atomic E-state index is 13.1. The smallest absolute Gasteiger partial charge is 0.270 e. The molecule has 0 N–H and O–H groups in total. The van der Waals surface area contributed by atoms with E-state index in [4.69, 9.17) is 18.9 Å². The summed E-state index contributed by atoms with van der Waals surface area (Å²) in [5.41, 5.74) is 4.18. The quantitative estimate of drug-likeness (QED) is 0.406. The largest absolute Gasteiger partial charge is 0.491 e. The van der Waals surface area contributed by atoms with Crippen LogP contribution in [0.1, 0.15) is 35.8 Å². The lowest BCUT2D eigenvalue weighted by Gasteiger charge is -2.33. The molecule has 2 aromatic carbocycles. The summed E-state index contributed by atoms with van der Waals surface area (Å²) in [6, 6.07) is 13.9. The molecule has 2 fully saturated rings. The van der Waals surface area contributed by atoms with Gasteiger partial charge in [-0.2, -0.15) is 5.26 Å². The van der Waals surface area contributed by atoms with Crippen molar-refractivity contribution in [2.45, 2.75) is 31.8 Å². The third-order valence-electron chi connectivity index (χ3n) is 7.01. The van der Waals surface area contributed by atoms with Gasteiger partial charge in [0.2, 0.25) is 0 Å². The molecule has 0 saturated carbocycles. The number of benzene rings is 2. The van der Waals surface area contributed by atoms with E-state index in [9.17, 15) is 10.1 Å². The topological polar surface area (TPSA) is 96.8 Å². The molecule has 0 bridgehead atoms. The number of fused-ring (bicyclic) bond motifs is 2. The average Bonchev–Trinajstić information content (AvgIpc) is 3.62. The molecule has 4 heterocycles. The summed E-state index contributed by atoms with van der Waals surface area (Å²) in [7, 11) is 1.70. The van der Waals surface area contributed by atoms with Crippen molar-refractivity contribution >= 4 is 27.7 Å². The first-order valence-corrected chi connectivity index (χ1v) is 11.9. The predicted octanol–water partition coefficient (Wildman–Crippen LogP) is 4.02. The van der Waals surface area contributed by atoms with Crippen LogP contribution in [0.3, 0.4) is 0 Å². The van der Waals surface area contributed by atoms with Crippen LogP contribution >= 0.6 is 0 Å². The van der Waals surface area contributed by atoms with Gasteiger partial charge in [-0.25, -0.2) is 4.98 Å².